The van der Waals surface area contributed by atoms with Crippen LogP contribution in [0, 0.1) is 0 Å². The van der Waals surface area contributed by atoms with Gasteiger partial charge >= 0.3 is 12.1 Å². The Bertz CT molecular complexity index is 827. The summed E-state index contributed by atoms with van der Waals surface area (Å²) in [5.41, 5.74) is 0. The van der Waals surface area contributed by atoms with Crippen molar-refractivity contribution >= 4 is 16.0 Å². The molecule has 11 heteroatoms. The Balaban J connectivity index is 0.000000370. The predicted molar refractivity (Wildman–Crippen MR) is 99.2 cm³/mol. The number of alkyl halides is 3. The van der Waals surface area contributed by atoms with E-state index in [0.717, 1.165) is 25.9 Å². The number of sulfonamides is 1. The van der Waals surface area contributed by atoms with E-state index in [-0.39, 0.29) is 6.04 Å². The number of rotatable bonds is 5. The molecule has 2 atom stereocenters. The molecule has 0 saturated carbocycles. The molecule has 7 nitrogen and oxygen atoms in total. The molecule has 2 aliphatic heterocycles. The van der Waals surface area contributed by atoms with Crippen LogP contribution in [0.4, 0.5) is 13.2 Å². The Kier molecular flexibility index (Phi) is 7.30. The largest absolute Gasteiger partial charge is 0.497 e. The zero-order valence-corrected chi connectivity index (χ0v) is 16.6. The number of nitrogens with zero attached hydrogens (tertiary/aromatic N) is 2. The van der Waals surface area contributed by atoms with Gasteiger partial charge in [0.15, 0.2) is 0 Å². The number of carboxylic acid groups (broad SMARTS) is 1. The van der Waals surface area contributed by atoms with Crippen LogP contribution in [0.5, 0.6) is 5.75 Å². The third-order valence-electron chi connectivity index (χ3n) is 4.91. The summed E-state index contributed by atoms with van der Waals surface area (Å²) < 4.78 is 64.3. The molecule has 2 saturated heterocycles. The Morgan fingerprint density at radius 1 is 1.24 bits per heavy atom. The number of carbonyl (C=O) groups is 1. The lowest BCUT2D eigenvalue weighted by molar-refractivity contribution is -0.192. The van der Waals surface area contributed by atoms with Gasteiger partial charge in [0.25, 0.3) is 0 Å². The van der Waals surface area contributed by atoms with Crippen LogP contribution in [0.15, 0.2) is 41.8 Å². The van der Waals surface area contributed by atoms with Gasteiger partial charge in [0.1, 0.15) is 5.75 Å². The molecule has 0 aliphatic carbocycles. The molecular formula is C18H23F3N2O5S. The van der Waals surface area contributed by atoms with Gasteiger partial charge in [0.2, 0.25) is 10.0 Å². The Morgan fingerprint density at radius 2 is 1.79 bits per heavy atom. The van der Waals surface area contributed by atoms with E-state index >= 15 is 0 Å². The van der Waals surface area contributed by atoms with E-state index < -0.39 is 22.2 Å². The summed E-state index contributed by atoms with van der Waals surface area (Å²) in [5, 5.41) is 7.12. The SMILES string of the molecule is C=CCN1CC[C@@H]2[C@@H]1CCN2S(=O)(=O)c1ccc(OC)cc1.O=C(O)C(F)(F)F. The van der Waals surface area contributed by atoms with Crippen LogP contribution in [0.25, 0.3) is 0 Å². The molecule has 2 fully saturated rings. The number of likely N-dealkylation sites (tertiary alicyclic amines) is 1. The van der Waals surface area contributed by atoms with Gasteiger partial charge in [-0.3, -0.25) is 4.90 Å². The number of aliphatic carboxylic acids is 1. The second-order valence-electron chi connectivity index (χ2n) is 6.59. The van der Waals surface area contributed by atoms with Crippen LogP contribution in [-0.2, 0) is 14.8 Å². The summed E-state index contributed by atoms with van der Waals surface area (Å²) in [6.45, 7) is 6.15. The van der Waals surface area contributed by atoms with Crippen molar-refractivity contribution in [2.75, 3.05) is 26.7 Å². The number of methoxy groups -OCH3 is 1. The quantitative estimate of drug-likeness (QED) is 0.713. The zero-order valence-electron chi connectivity index (χ0n) is 15.8. The van der Waals surface area contributed by atoms with Crippen LogP contribution < -0.4 is 4.74 Å². The molecule has 2 heterocycles. The van der Waals surface area contributed by atoms with E-state index in [0.29, 0.717) is 23.2 Å². The third kappa shape index (κ3) is 5.28. The molecule has 0 amide bonds. The number of hydrogen-bond donors (Lipinski definition) is 1. The monoisotopic (exact) mass is 436 g/mol. The van der Waals surface area contributed by atoms with Crippen molar-refractivity contribution in [3.8, 4) is 5.75 Å². The first-order valence-electron chi connectivity index (χ1n) is 8.83. The number of carboxylic acids is 1. The fourth-order valence-corrected chi connectivity index (χ4v) is 5.31. The number of halogens is 3. The summed E-state index contributed by atoms with van der Waals surface area (Å²) in [5.74, 6) is -2.09. The highest BCUT2D eigenvalue weighted by atomic mass is 32.2. The van der Waals surface area contributed by atoms with E-state index in [4.69, 9.17) is 14.6 Å². The Labute approximate surface area is 167 Å². The topological polar surface area (TPSA) is 87.2 Å². The smallest absolute Gasteiger partial charge is 0.490 e. The highest BCUT2D eigenvalue weighted by Gasteiger charge is 2.46. The molecule has 2 aliphatic rings. The molecule has 1 aromatic carbocycles. The van der Waals surface area contributed by atoms with Crippen LogP contribution in [0.2, 0.25) is 0 Å². The maximum atomic E-state index is 12.9. The van der Waals surface area contributed by atoms with Gasteiger partial charge in [-0.05, 0) is 37.1 Å². The summed E-state index contributed by atoms with van der Waals surface area (Å²) in [6, 6.07) is 7.05. The molecule has 1 aromatic rings. The molecule has 29 heavy (non-hydrogen) atoms. The fraction of sp³-hybridized carbons (Fsp3) is 0.500. The molecular weight excluding hydrogens is 413 g/mol. The molecule has 3 rings (SSSR count). The number of fused-ring (bicyclic) bond motifs is 1. The number of hydrogen-bond acceptors (Lipinski definition) is 5. The van der Waals surface area contributed by atoms with Gasteiger partial charge in [-0.15, -0.1) is 6.58 Å². The first-order valence-corrected chi connectivity index (χ1v) is 10.3. The van der Waals surface area contributed by atoms with E-state index in [1.165, 1.54) is 0 Å². The van der Waals surface area contributed by atoms with E-state index in [1.54, 1.807) is 35.7 Å². The summed E-state index contributed by atoms with van der Waals surface area (Å²) in [4.78, 5) is 11.6. The lowest BCUT2D eigenvalue weighted by Gasteiger charge is -2.24. The normalized spacial score (nSPS) is 22.5. The highest BCUT2D eigenvalue weighted by Crippen LogP contribution is 2.35. The van der Waals surface area contributed by atoms with Gasteiger partial charge in [0, 0.05) is 31.7 Å². The lowest BCUT2D eigenvalue weighted by atomic mass is 10.1. The van der Waals surface area contributed by atoms with Crippen molar-refractivity contribution < 1.29 is 36.2 Å². The first-order chi connectivity index (χ1) is 13.5. The van der Waals surface area contributed by atoms with Crippen LogP contribution >= 0.6 is 0 Å². The van der Waals surface area contributed by atoms with Gasteiger partial charge in [-0.25, -0.2) is 13.2 Å². The minimum Gasteiger partial charge on any atom is -0.497 e. The van der Waals surface area contributed by atoms with Gasteiger partial charge < -0.3 is 9.84 Å². The molecule has 0 bridgehead atoms. The molecule has 0 unspecified atom stereocenters. The maximum Gasteiger partial charge on any atom is 0.490 e. The van der Waals surface area contributed by atoms with Crippen LogP contribution in [0.1, 0.15) is 12.8 Å². The molecule has 0 aromatic heterocycles. The second-order valence-corrected chi connectivity index (χ2v) is 8.48. The van der Waals surface area contributed by atoms with Gasteiger partial charge in [-0.1, -0.05) is 6.08 Å². The average Bonchev–Trinajstić information content (AvgIpc) is 3.25. The van der Waals surface area contributed by atoms with Crippen molar-refractivity contribution in [1.29, 1.82) is 0 Å². The Morgan fingerprint density at radius 3 is 2.28 bits per heavy atom. The lowest BCUT2D eigenvalue weighted by Crippen LogP contribution is -2.39. The second kappa shape index (κ2) is 9.14. The average molecular weight is 436 g/mol. The van der Waals surface area contributed by atoms with Gasteiger partial charge in [-0.2, -0.15) is 17.5 Å². The van der Waals surface area contributed by atoms with Crippen LogP contribution in [0.3, 0.4) is 0 Å². The Hall–Kier alpha value is -2.11. The first kappa shape index (κ1) is 23.2. The van der Waals surface area contributed by atoms with E-state index in [1.807, 2.05) is 6.08 Å². The zero-order chi connectivity index (χ0) is 21.8. The van der Waals surface area contributed by atoms with Crippen molar-refractivity contribution in [3.05, 3.63) is 36.9 Å². The molecule has 0 spiro atoms. The summed E-state index contributed by atoms with van der Waals surface area (Å²) in [6.07, 6.45) is -1.40. The van der Waals surface area contributed by atoms with Crippen molar-refractivity contribution in [1.82, 2.24) is 9.21 Å². The fourth-order valence-electron chi connectivity index (χ4n) is 3.61. The third-order valence-corrected chi connectivity index (χ3v) is 6.85. The minimum absolute atomic E-state index is 0.0899. The van der Waals surface area contributed by atoms with Crippen molar-refractivity contribution in [2.24, 2.45) is 0 Å². The standard InChI is InChI=1S/C16H22N2O3S.C2HF3O2/c1-3-10-17-11-8-16-15(17)9-12-18(16)22(19,20)14-6-4-13(21-2)5-7-14;3-2(4,5)1(6)7/h3-7,15-16H,1,8-12H2,2H3;(H,6,7)/t15-,16+;/m0./s1. The van der Waals surface area contributed by atoms with Crippen molar-refractivity contribution in [3.63, 3.8) is 0 Å². The summed E-state index contributed by atoms with van der Waals surface area (Å²) in [7, 11) is -1.86. The molecule has 1 N–H and O–H groups in total. The highest BCUT2D eigenvalue weighted by molar-refractivity contribution is 7.89. The van der Waals surface area contributed by atoms with E-state index in [9.17, 15) is 21.6 Å². The predicted octanol–water partition coefficient (Wildman–Crippen LogP) is 2.35. The van der Waals surface area contributed by atoms with Crippen molar-refractivity contribution in [2.45, 2.75) is 36.0 Å². The number of benzene rings is 1. The molecule has 162 valence electrons. The van der Waals surface area contributed by atoms with Gasteiger partial charge in [0.05, 0.1) is 12.0 Å². The van der Waals surface area contributed by atoms with Crippen LogP contribution in [-0.4, -0.2) is 73.7 Å². The maximum absolute atomic E-state index is 12.9. The van der Waals surface area contributed by atoms with E-state index in [2.05, 4.69) is 11.5 Å². The summed E-state index contributed by atoms with van der Waals surface area (Å²) >= 11 is 0. The minimum atomic E-state index is -5.08. The molecule has 0 radical (unpaired) electrons. The number of ether oxygens (including phenoxy) is 1.